The Bertz CT molecular complexity index is 826. The van der Waals surface area contributed by atoms with Gasteiger partial charge in [0.25, 0.3) is 0 Å². The summed E-state index contributed by atoms with van der Waals surface area (Å²) in [5, 5.41) is 16.8. The normalized spacial score (nSPS) is 15.5. The van der Waals surface area contributed by atoms with E-state index in [4.69, 9.17) is 5.11 Å². The topological polar surface area (TPSA) is 105 Å². The second-order valence-corrected chi connectivity index (χ2v) is 6.92. The minimum atomic E-state index is -3.68. The summed E-state index contributed by atoms with van der Waals surface area (Å²) in [5.74, 6) is 0.276. The molecule has 1 aromatic carbocycles. The highest BCUT2D eigenvalue weighted by atomic mass is 32.2. The maximum atomic E-state index is 12.6. The number of fused-ring (bicyclic) bond motifs is 1. The molecule has 0 aliphatic carbocycles. The Morgan fingerprint density at radius 3 is 2.50 bits per heavy atom. The molecule has 0 bridgehead atoms. The Balaban J connectivity index is 1.89. The van der Waals surface area contributed by atoms with Crippen molar-refractivity contribution in [3.63, 3.8) is 0 Å². The van der Waals surface area contributed by atoms with Crippen LogP contribution in [0.1, 0.15) is 22.0 Å². The molecule has 0 unspecified atom stereocenters. The predicted octanol–water partition coefficient (Wildman–Crippen LogP) is 0.489. The van der Waals surface area contributed by atoms with Crippen LogP contribution < -0.4 is 0 Å². The van der Waals surface area contributed by atoms with Crippen LogP contribution in [0.4, 0.5) is 0 Å². The van der Waals surface area contributed by atoms with Gasteiger partial charge in [-0.3, -0.25) is 0 Å². The van der Waals surface area contributed by atoms with Crippen LogP contribution in [0.2, 0.25) is 0 Å². The van der Waals surface area contributed by atoms with Crippen molar-refractivity contribution in [2.24, 2.45) is 0 Å². The quantitative estimate of drug-likeness (QED) is 0.881. The van der Waals surface area contributed by atoms with E-state index in [2.05, 4.69) is 10.2 Å². The smallest absolute Gasteiger partial charge is 0.335 e. The lowest BCUT2D eigenvalue weighted by Crippen LogP contribution is -2.38. The summed E-state index contributed by atoms with van der Waals surface area (Å²) < 4.78 is 28.4. The third kappa shape index (κ3) is 2.38. The molecule has 0 spiro atoms. The van der Waals surface area contributed by atoms with Crippen LogP contribution in [-0.4, -0.2) is 45.1 Å². The molecule has 1 aliphatic heterocycles. The lowest BCUT2D eigenvalue weighted by molar-refractivity contribution is 0.0696. The highest BCUT2D eigenvalue weighted by Gasteiger charge is 2.30. The lowest BCUT2D eigenvalue weighted by atomic mass is 10.2. The van der Waals surface area contributed by atoms with Gasteiger partial charge in [0.1, 0.15) is 11.6 Å². The first-order chi connectivity index (χ1) is 10.4. The van der Waals surface area contributed by atoms with Crippen LogP contribution in [0.5, 0.6) is 0 Å². The third-order valence-corrected chi connectivity index (χ3v) is 5.50. The molecule has 0 saturated heterocycles. The van der Waals surface area contributed by atoms with Crippen LogP contribution in [0.25, 0.3) is 0 Å². The number of carbonyl (C=O) groups is 1. The minimum absolute atomic E-state index is 0.0490. The second-order valence-electron chi connectivity index (χ2n) is 4.98. The van der Waals surface area contributed by atoms with Crippen LogP contribution in [-0.2, 0) is 23.1 Å². The molecule has 2 heterocycles. The number of carboxylic acids is 1. The molecule has 0 amide bonds. The first-order valence-corrected chi connectivity index (χ1v) is 8.06. The summed E-state index contributed by atoms with van der Waals surface area (Å²) in [6.07, 6.45) is 0. The van der Waals surface area contributed by atoms with Crippen LogP contribution in [0.3, 0.4) is 0 Å². The summed E-state index contributed by atoms with van der Waals surface area (Å²) >= 11 is 0. The summed E-state index contributed by atoms with van der Waals surface area (Å²) in [4.78, 5) is 10.9. The fourth-order valence-electron chi connectivity index (χ4n) is 2.40. The number of carboxylic acid groups (broad SMARTS) is 1. The molecule has 8 nitrogen and oxygen atoms in total. The Kier molecular flexibility index (Phi) is 3.45. The van der Waals surface area contributed by atoms with Crippen molar-refractivity contribution in [3.05, 3.63) is 41.5 Å². The Labute approximate surface area is 127 Å². The van der Waals surface area contributed by atoms with E-state index in [0.29, 0.717) is 18.9 Å². The first kappa shape index (κ1) is 14.7. The van der Waals surface area contributed by atoms with Crippen LogP contribution in [0, 0.1) is 6.92 Å². The molecule has 9 heteroatoms. The number of benzene rings is 1. The van der Waals surface area contributed by atoms with E-state index in [9.17, 15) is 13.2 Å². The summed E-state index contributed by atoms with van der Waals surface area (Å²) in [7, 11) is -3.68. The largest absolute Gasteiger partial charge is 0.478 e. The van der Waals surface area contributed by atoms with Crippen molar-refractivity contribution in [1.82, 2.24) is 19.1 Å². The van der Waals surface area contributed by atoms with Gasteiger partial charge in [-0.05, 0) is 31.2 Å². The van der Waals surface area contributed by atoms with Gasteiger partial charge in [0.2, 0.25) is 10.0 Å². The van der Waals surface area contributed by atoms with Crippen molar-refractivity contribution in [2.45, 2.75) is 24.9 Å². The molecule has 0 atom stereocenters. The van der Waals surface area contributed by atoms with E-state index in [1.165, 1.54) is 28.6 Å². The van der Waals surface area contributed by atoms with Crippen molar-refractivity contribution < 1.29 is 18.3 Å². The van der Waals surface area contributed by atoms with Gasteiger partial charge in [-0.1, -0.05) is 0 Å². The number of aromatic carboxylic acids is 1. The summed E-state index contributed by atoms with van der Waals surface area (Å²) in [6, 6.07) is 5.18. The van der Waals surface area contributed by atoms with E-state index in [1.807, 2.05) is 11.5 Å². The van der Waals surface area contributed by atoms with Crippen LogP contribution >= 0.6 is 0 Å². The van der Waals surface area contributed by atoms with Crippen molar-refractivity contribution in [2.75, 3.05) is 6.54 Å². The van der Waals surface area contributed by atoms with Crippen molar-refractivity contribution in [3.8, 4) is 0 Å². The maximum absolute atomic E-state index is 12.6. The fraction of sp³-hybridized carbons (Fsp3) is 0.308. The van der Waals surface area contributed by atoms with Crippen molar-refractivity contribution in [1.29, 1.82) is 0 Å². The van der Waals surface area contributed by atoms with E-state index in [1.54, 1.807) is 0 Å². The van der Waals surface area contributed by atoms with E-state index in [0.717, 1.165) is 5.82 Å². The van der Waals surface area contributed by atoms with Gasteiger partial charge in [-0.15, -0.1) is 10.2 Å². The standard InChI is InChI=1S/C13H14N4O4S/c1-9-14-15-12-8-16(6-7-17(9)12)22(20,21)11-4-2-10(3-5-11)13(18)19/h2-5H,6-8H2,1H3,(H,18,19). The lowest BCUT2D eigenvalue weighted by Gasteiger charge is -2.26. The highest BCUT2D eigenvalue weighted by Crippen LogP contribution is 2.21. The average Bonchev–Trinajstić information content (AvgIpc) is 2.88. The molecule has 1 N–H and O–H groups in total. The Morgan fingerprint density at radius 2 is 1.86 bits per heavy atom. The molecule has 3 rings (SSSR count). The van der Waals surface area contributed by atoms with Gasteiger partial charge < -0.3 is 9.67 Å². The molecule has 116 valence electrons. The molecular formula is C13H14N4O4S. The highest BCUT2D eigenvalue weighted by molar-refractivity contribution is 7.89. The maximum Gasteiger partial charge on any atom is 0.335 e. The summed E-state index contributed by atoms with van der Waals surface area (Å²) in [5.41, 5.74) is 0.0490. The zero-order valence-corrected chi connectivity index (χ0v) is 12.6. The molecule has 22 heavy (non-hydrogen) atoms. The van der Waals surface area contributed by atoms with Gasteiger partial charge in [0, 0.05) is 13.1 Å². The van der Waals surface area contributed by atoms with Crippen LogP contribution in [0.15, 0.2) is 29.2 Å². The van der Waals surface area contributed by atoms with Gasteiger partial charge in [-0.25, -0.2) is 13.2 Å². The van der Waals surface area contributed by atoms with Gasteiger partial charge >= 0.3 is 5.97 Å². The number of sulfonamides is 1. The predicted molar refractivity (Wildman–Crippen MR) is 75.8 cm³/mol. The fourth-order valence-corrected chi connectivity index (χ4v) is 3.79. The van der Waals surface area contributed by atoms with E-state index in [-0.39, 0.29) is 17.0 Å². The SMILES string of the molecule is Cc1nnc2n1CCN(S(=O)(=O)c1ccc(C(=O)O)cc1)C2. The van der Waals surface area contributed by atoms with Crippen molar-refractivity contribution >= 4 is 16.0 Å². The molecule has 0 radical (unpaired) electrons. The minimum Gasteiger partial charge on any atom is -0.478 e. The average molecular weight is 322 g/mol. The number of nitrogens with zero attached hydrogens (tertiary/aromatic N) is 4. The zero-order chi connectivity index (χ0) is 15.9. The molecule has 1 aromatic heterocycles. The van der Waals surface area contributed by atoms with E-state index < -0.39 is 16.0 Å². The Morgan fingerprint density at radius 1 is 1.18 bits per heavy atom. The molecular weight excluding hydrogens is 308 g/mol. The number of aromatic nitrogens is 3. The molecule has 2 aromatic rings. The van der Waals surface area contributed by atoms with Gasteiger partial charge in [0.15, 0.2) is 0 Å². The van der Waals surface area contributed by atoms with Gasteiger partial charge in [-0.2, -0.15) is 4.31 Å². The first-order valence-electron chi connectivity index (χ1n) is 6.62. The number of hydrogen-bond acceptors (Lipinski definition) is 5. The van der Waals surface area contributed by atoms with E-state index >= 15 is 0 Å². The molecule has 1 aliphatic rings. The molecule has 0 saturated carbocycles. The number of aryl methyl sites for hydroxylation is 1. The second kappa shape index (κ2) is 5.18. The number of hydrogen-bond donors (Lipinski definition) is 1. The number of rotatable bonds is 3. The Hall–Kier alpha value is -2.26. The molecule has 0 fully saturated rings. The monoisotopic (exact) mass is 322 g/mol. The summed E-state index contributed by atoms with van der Waals surface area (Å²) in [6.45, 7) is 2.81. The van der Waals surface area contributed by atoms with Gasteiger partial charge in [0.05, 0.1) is 17.0 Å². The third-order valence-electron chi connectivity index (χ3n) is 3.64. The zero-order valence-electron chi connectivity index (χ0n) is 11.8.